The quantitative estimate of drug-likeness (QED) is 0.921. The highest BCUT2D eigenvalue weighted by Gasteiger charge is 2.47. The topological polar surface area (TPSA) is 74.7 Å². The molecule has 2 rings (SSSR count). The molecule has 5 nitrogen and oxygen atoms in total. The zero-order valence-corrected chi connectivity index (χ0v) is 13.4. The zero-order chi connectivity index (χ0) is 15.8. The van der Waals surface area contributed by atoms with Gasteiger partial charge in [0.05, 0.1) is 16.0 Å². The smallest absolute Gasteiger partial charge is 0.311 e. The van der Waals surface area contributed by atoms with Crippen molar-refractivity contribution in [2.24, 2.45) is 11.3 Å². The third kappa shape index (κ3) is 2.77. The predicted octanol–water partition coefficient (Wildman–Crippen LogP) is 2.03. The van der Waals surface area contributed by atoms with E-state index in [0.717, 1.165) is 0 Å². The molecular weight excluding hydrogens is 290 g/mol. The van der Waals surface area contributed by atoms with Gasteiger partial charge >= 0.3 is 5.97 Å². The van der Waals surface area contributed by atoms with E-state index in [2.05, 4.69) is 0 Å². The fourth-order valence-electron chi connectivity index (χ4n) is 2.96. The largest absolute Gasteiger partial charge is 0.481 e. The minimum Gasteiger partial charge on any atom is -0.481 e. The average Bonchev–Trinajstić information content (AvgIpc) is 2.84. The zero-order valence-electron chi connectivity index (χ0n) is 12.5. The summed E-state index contributed by atoms with van der Waals surface area (Å²) >= 11 is 0. The first-order chi connectivity index (χ1) is 9.68. The van der Waals surface area contributed by atoms with Gasteiger partial charge in [0.2, 0.25) is 0 Å². The van der Waals surface area contributed by atoms with E-state index in [-0.39, 0.29) is 10.8 Å². The second kappa shape index (κ2) is 5.33. The molecule has 1 N–H and O–H groups in total. The summed E-state index contributed by atoms with van der Waals surface area (Å²) in [6, 6.07) is 6.78. The number of benzene rings is 1. The number of rotatable bonds is 4. The number of para-hydroxylation sites is 1. The van der Waals surface area contributed by atoms with Crippen molar-refractivity contribution < 1.29 is 18.3 Å². The van der Waals surface area contributed by atoms with Crippen LogP contribution in [0.3, 0.4) is 0 Å². The molecule has 1 aromatic rings. The van der Waals surface area contributed by atoms with Crippen LogP contribution in [-0.2, 0) is 14.6 Å². The number of carbonyl (C=O) groups is 1. The van der Waals surface area contributed by atoms with Crippen LogP contribution >= 0.6 is 0 Å². The summed E-state index contributed by atoms with van der Waals surface area (Å²) in [4.78, 5) is 13.8. The molecule has 1 aliphatic rings. The van der Waals surface area contributed by atoms with E-state index in [4.69, 9.17) is 0 Å². The van der Waals surface area contributed by atoms with Crippen LogP contribution < -0.4 is 4.90 Å². The molecule has 21 heavy (non-hydrogen) atoms. The molecule has 116 valence electrons. The predicted molar refractivity (Wildman–Crippen MR) is 81.3 cm³/mol. The molecule has 1 fully saturated rings. The van der Waals surface area contributed by atoms with Crippen LogP contribution in [0.1, 0.15) is 20.3 Å². The van der Waals surface area contributed by atoms with Crippen LogP contribution in [0.2, 0.25) is 0 Å². The fourth-order valence-corrected chi connectivity index (χ4v) is 3.87. The first-order valence-corrected chi connectivity index (χ1v) is 8.85. The number of hydrogen-bond acceptors (Lipinski definition) is 4. The molecule has 0 aromatic heterocycles. The Morgan fingerprint density at radius 3 is 2.43 bits per heavy atom. The fraction of sp³-hybridized carbons (Fsp3) is 0.533. The van der Waals surface area contributed by atoms with E-state index in [1.54, 1.807) is 24.3 Å². The summed E-state index contributed by atoms with van der Waals surface area (Å²) in [6.45, 7) is 4.70. The summed E-state index contributed by atoms with van der Waals surface area (Å²) in [7, 11) is -3.34. The van der Waals surface area contributed by atoms with Crippen LogP contribution in [-0.4, -0.2) is 38.8 Å². The van der Waals surface area contributed by atoms with E-state index >= 15 is 0 Å². The molecule has 1 aromatic carbocycles. The maximum absolute atomic E-state index is 11.9. The van der Waals surface area contributed by atoms with Gasteiger partial charge in [-0.25, -0.2) is 8.42 Å². The van der Waals surface area contributed by atoms with Crippen molar-refractivity contribution >= 4 is 21.5 Å². The molecule has 1 aliphatic heterocycles. The maximum atomic E-state index is 11.9. The monoisotopic (exact) mass is 311 g/mol. The number of anilines is 1. The van der Waals surface area contributed by atoms with E-state index < -0.39 is 21.2 Å². The SMILES string of the molecule is CC(C)C1(C(=O)O)CCN(c2ccccc2S(C)(=O)=O)C1. The van der Waals surface area contributed by atoms with Crippen molar-refractivity contribution in [2.45, 2.75) is 25.2 Å². The Hall–Kier alpha value is -1.56. The molecule has 1 saturated heterocycles. The van der Waals surface area contributed by atoms with Crippen LogP contribution in [0.25, 0.3) is 0 Å². The van der Waals surface area contributed by atoms with Gasteiger partial charge in [0.1, 0.15) is 0 Å². The lowest BCUT2D eigenvalue weighted by Gasteiger charge is -2.29. The van der Waals surface area contributed by atoms with E-state index in [0.29, 0.717) is 25.2 Å². The second-order valence-electron chi connectivity index (χ2n) is 6.03. The molecule has 0 saturated carbocycles. The highest BCUT2D eigenvalue weighted by Crippen LogP contribution is 2.41. The van der Waals surface area contributed by atoms with Gasteiger partial charge in [-0.15, -0.1) is 0 Å². The van der Waals surface area contributed by atoms with Crippen molar-refractivity contribution in [3.05, 3.63) is 24.3 Å². The van der Waals surface area contributed by atoms with Gasteiger partial charge < -0.3 is 10.0 Å². The van der Waals surface area contributed by atoms with Crippen molar-refractivity contribution in [1.29, 1.82) is 0 Å². The molecule has 1 atom stereocenters. The Morgan fingerprint density at radius 1 is 1.33 bits per heavy atom. The minimum absolute atomic E-state index is 0.00889. The van der Waals surface area contributed by atoms with Crippen molar-refractivity contribution in [2.75, 3.05) is 24.2 Å². The Bertz CT molecular complexity index is 653. The summed E-state index contributed by atoms with van der Waals surface area (Å²) in [5, 5.41) is 9.58. The first-order valence-electron chi connectivity index (χ1n) is 6.96. The van der Waals surface area contributed by atoms with Crippen molar-refractivity contribution in [3.63, 3.8) is 0 Å². The highest BCUT2D eigenvalue weighted by atomic mass is 32.2. The van der Waals surface area contributed by atoms with Gasteiger partial charge in [0.25, 0.3) is 0 Å². The lowest BCUT2D eigenvalue weighted by Crippen LogP contribution is -2.39. The van der Waals surface area contributed by atoms with Gasteiger partial charge in [-0.3, -0.25) is 4.79 Å². The average molecular weight is 311 g/mol. The van der Waals surface area contributed by atoms with Gasteiger partial charge in [0.15, 0.2) is 9.84 Å². The molecule has 0 spiro atoms. The van der Waals surface area contributed by atoms with E-state index in [1.165, 1.54) is 6.26 Å². The van der Waals surface area contributed by atoms with Crippen molar-refractivity contribution in [1.82, 2.24) is 0 Å². The minimum atomic E-state index is -3.34. The number of aliphatic carboxylic acids is 1. The third-order valence-electron chi connectivity index (χ3n) is 4.44. The Balaban J connectivity index is 2.41. The Kier molecular flexibility index (Phi) is 4.02. The first kappa shape index (κ1) is 15.8. The molecule has 0 aliphatic carbocycles. The van der Waals surface area contributed by atoms with Gasteiger partial charge in [-0.05, 0) is 24.5 Å². The normalized spacial score (nSPS) is 22.8. The van der Waals surface area contributed by atoms with Crippen molar-refractivity contribution in [3.8, 4) is 0 Å². The molecule has 0 radical (unpaired) electrons. The molecule has 1 unspecified atom stereocenters. The maximum Gasteiger partial charge on any atom is 0.311 e. The third-order valence-corrected chi connectivity index (χ3v) is 5.58. The lowest BCUT2D eigenvalue weighted by molar-refractivity contribution is -0.150. The lowest BCUT2D eigenvalue weighted by atomic mass is 9.76. The summed E-state index contributed by atoms with van der Waals surface area (Å²) < 4.78 is 23.8. The van der Waals surface area contributed by atoms with E-state index in [9.17, 15) is 18.3 Å². The van der Waals surface area contributed by atoms with Crippen LogP contribution in [0, 0.1) is 11.3 Å². The highest BCUT2D eigenvalue weighted by molar-refractivity contribution is 7.90. The molecule has 0 bridgehead atoms. The number of carboxylic acids is 1. The number of hydrogen-bond donors (Lipinski definition) is 1. The number of carboxylic acid groups (broad SMARTS) is 1. The standard InChI is InChI=1S/C15H21NO4S/c1-11(2)15(14(17)18)8-9-16(10-15)12-6-4-5-7-13(12)21(3,19)20/h4-7,11H,8-10H2,1-3H3,(H,17,18). The van der Waals surface area contributed by atoms with Crippen LogP contribution in [0.15, 0.2) is 29.2 Å². The van der Waals surface area contributed by atoms with Crippen LogP contribution in [0.4, 0.5) is 5.69 Å². The number of sulfone groups is 1. The number of nitrogens with zero attached hydrogens (tertiary/aromatic N) is 1. The van der Waals surface area contributed by atoms with Gasteiger partial charge in [0, 0.05) is 19.3 Å². The van der Waals surface area contributed by atoms with Crippen LogP contribution in [0.5, 0.6) is 0 Å². The molecule has 0 amide bonds. The molecular formula is C15H21NO4S. The summed E-state index contributed by atoms with van der Waals surface area (Å²) in [6.07, 6.45) is 1.70. The molecule has 1 heterocycles. The van der Waals surface area contributed by atoms with Gasteiger partial charge in [-0.2, -0.15) is 0 Å². The van der Waals surface area contributed by atoms with Gasteiger partial charge in [-0.1, -0.05) is 26.0 Å². The molecule has 6 heteroatoms. The summed E-state index contributed by atoms with van der Waals surface area (Å²) in [5.74, 6) is -0.817. The second-order valence-corrected chi connectivity index (χ2v) is 8.01. The Labute approximate surface area is 125 Å². The van der Waals surface area contributed by atoms with E-state index in [1.807, 2.05) is 18.7 Å². The summed E-state index contributed by atoms with van der Waals surface area (Å²) in [5.41, 5.74) is -0.214. The Morgan fingerprint density at radius 2 is 1.95 bits per heavy atom.